The Kier molecular flexibility index (Phi) is 5.41. The van der Waals surface area contributed by atoms with Crippen LogP contribution in [0.4, 0.5) is 14.6 Å². The second kappa shape index (κ2) is 8.39. The monoisotopic (exact) mass is 447 g/mol. The number of hydrogen-bond donors (Lipinski definition) is 0. The number of pyridine rings is 1. The van der Waals surface area contributed by atoms with Gasteiger partial charge in [0, 0.05) is 37.7 Å². The van der Waals surface area contributed by atoms with Crippen LogP contribution in [0.15, 0.2) is 42.6 Å². The largest absolute Gasteiger partial charge is 0.487 e. The second-order valence-electron chi connectivity index (χ2n) is 8.66. The van der Waals surface area contributed by atoms with Crippen LogP contribution in [-0.4, -0.2) is 34.1 Å². The van der Waals surface area contributed by atoms with Gasteiger partial charge in [-0.1, -0.05) is 6.07 Å². The van der Waals surface area contributed by atoms with Gasteiger partial charge in [0.1, 0.15) is 23.0 Å². The minimum absolute atomic E-state index is 0.0647. The van der Waals surface area contributed by atoms with Crippen LogP contribution in [0.2, 0.25) is 0 Å². The van der Waals surface area contributed by atoms with Crippen LogP contribution < -0.4 is 9.64 Å². The Morgan fingerprint density at radius 1 is 1.12 bits per heavy atom. The number of rotatable bonds is 5. The van der Waals surface area contributed by atoms with Crippen LogP contribution >= 0.6 is 0 Å². The molecule has 1 aromatic carbocycles. The van der Waals surface area contributed by atoms with E-state index in [2.05, 4.69) is 16.0 Å². The highest BCUT2D eigenvalue weighted by Gasteiger charge is 2.47. The van der Waals surface area contributed by atoms with Crippen LogP contribution in [0, 0.1) is 29.9 Å². The number of nitrogens with zero attached hydrogens (tertiary/aromatic N) is 5. The minimum atomic E-state index is -0.696. The smallest absolute Gasteiger partial charge is 0.167 e. The fourth-order valence-electron chi connectivity index (χ4n) is 4.18. The maximum atomic E-state index is 14.0. The number of halogens is 2. The number of nitriles is 1. The number of benzene rings is 1. The molecule has 0 radical (unpaired) electrons. The molecule has 0 amide bonds. The molecule has 0 bridgehead atoms. The lowest BCUT2D eigenvalue weighted by molar-refractivity contribution is 0.163. The quantitative estimate of drug-likeness (QED) is 0.563. The molecule has 2 fully saturated rings. The van der Waals surface area contributed by atoms with E-state index in [4.69, 9.17) is 14.7 Å². The van der Waals surface area contributed by atoms with Crippen molar-refractivity contribution in [3.8, 4) is 23.2 Å². The first kappa shape index (κ1) is 21.3. The highest BCUT2D eigenvalue weighted by atomic mass is 19.1. The molecule has 1 aliphatic carbocycles. The zero-order chi connectivity index (χ0) is 23.0. The molecule has 8 heteroatoms. The summed E-state index contributed by atoms with van der Waals surface area (Å²) in [5.41, 5.74) is 2.42. The van der Waals surface area contributed by atoms with Crippen molar-refractivity contribution in [2.24, 2.45) is 0 Å². The van der Waals surface area contributed by atoms with E-state index in [0.29, 0.717) is 37.3 Å². The molecular weight excluding hydrogens is 424 g/mol. The average molecular weight is 447 g/mol. The van der Waals surface area contributed by atoms with Gasteiger partial charge in [0.15, 0.2) is 17.4 Å². The van der Waals surface area contributed by atoms with Gasteiger partial charge in [-0.25, -0.2) is 18.7 Å². The summed E-state index contributed by atoms with van der Waals surface area (Å²) in [5, 5.41) is 9.61. The van der Waals surface area contributed by atoms with E-state index < -0.39 is 17.0 Å². The number of anilines is 1. The molecule has 3 aromatic rings. The molecular formula is C25H23F2N5O. The molecule has 2 aromatic heterocycles. The van der Waals surface area contributed by atoms with Crippen molar-refractivity contribution in [3.05, 3.63) is 65.6 Å². The van der Waals surface area contributed by atoms with Gasteiger partial charge in [0.05, 0.1) is 23.7 Å². The molecule has 0 N–H and O–H groups in total. The van der Waals surface area contributed by atoms with Gasteiger partial charge in [-0.2, -0.15) is 5.26 Å². The fourth-order valence-corrected chi connectivity index (χ4v) is 4.18. The van der Waals surface area contributed by atoms with E-state index in [-0.39, 0.29) is 11.9 Å². The summed E-state index contributed by atoms with van der Waals surface area (Å²) in [6.45, 7) is 3.21. The summed E-state index contributed by atoms with van der Waals surface area (Å²) >= 11 is 0. The van der Waals surface area contributed by atoms with Gasteiger partial charge in [-0.05, 0) is 44.0 Å². The summed E-state index contributed by atoms with van der Waals surface area (Å²) in [4.78, 5) is 16.4. The number of ether oxygens (including phenoxy) is 1. The molecule has 168 valence electrons. The molecule has 5 rings (SSSR count). The fraction of sp³-hybridized carbons (Fsp3) is 0.360. The van der Waals surface area contributed by atoms with Crippen LogP contribution in [0.25, 0.3) is 11.4 Å². The summed E-state index contributed by atoms with van der Waals surface area (Å²) in [6, 6.07) is 11.5. The van der Waals surface area contributed by atoms with Crippen LogP contribution in [-0.2, 0) is 5.41 Å². The Bertz CT molecular complexity index is 1230. The van der Waals surface area contributed by atoms with E-state index in [1.165, 1.54) is 12.1 Å². The molecule has 1 saturated carbocycles. The van der Waals surface area contributed by atoms with Crippen molar-refractivity contribution < 1.29 is 13.5 Å². The van der Waals surface area contributed by atoms with Crippen LogP contribution in [0.5, 0.6) is 5.75 Å². The van der Waals surface area contributed by atoms with Crippen molar-refractivity contribution in [3.63, 3.8) is 0 Å². The normalized spacial score (nSPS) is 17.5. The third kappa shape index (κ3) is 4.23. The van der Waals surface area contributed by atoms with E-state index in [1.54, 1.807) is 6.20 Å². The van der Waals surface area contributed by atoms with E-state index in [1.807, 2.05) is 25.1 Å². The Morgan fingerprint density at radius 2 is 1.91 bits per heavy atom. The van der Waals surface area contributed by atoms with E-state index in [9.17, 15) is 14.0 Å². The molecule has 0 atom stereocenters. The number of hydrogen-bond acceptors (Lipinski definition) is 6. The van der Waals surface area contributed by atoms with Gasteiger partial charge in [0.25, 0.3) is 0 Å². The van der Waals surface area contributed by atoms with Crippen molar-refractivity contribution in [1.29, 1.82) is 5.26 Å². The predicted octanol–water partition coefficient (Wildman–Crippen LogP) is 4.73. The number of aryl methyl sites for hydroxylation is 1. The summed E-state index contributed by atoms with van der Waals surface area (Å²) in [6.07, 6.45) is 4.43. The maximum Gasteiger partial charge on any atom is 0.167 e. The lowest BCUT2D eigenvalue weighted by Crippen LogP contribution is -2.39. The van der Waals surface area contributed by atoms with Gasteiger partial charge in [-0.15, -0.1) is 0 Å². The van der Waals surface area contributed by atoms with Gasteiger partial charge in [-0.3, -0.25) is 4.98 Å². The third-order valence-electron chi connectivity index (χ3n) is 6.27. The molecule has 0 unspecified atom stereocenters. The molecule has 0 spiro atoms. The average Bonchev–Trinajstić information content (AvgIpc) is 3.63. The SMILES string of the molecule is Cc1cccc(-c2nc(C3(C#N)CC3)cnc2N2CCC(Oc3ccc(F)cc3F)CC2)n1. The maximum absolute atomic E-state index is 14.0. The topological polar surface area (TPSA) is 74.9 Å². The van der Waals surface area contributed by atoms with E-state index >= 15 is 0 Å². The molecule has 33 heavy (non-hydrogen) atoms. The minimum Gasteiger partial charge on any atom is -0.487 e. The standard InChI is InChI=1S/C25H23F2N5O/c1-16-3-2-4-20(30-16)23-24(29-14-22(31-23)25(15-28)9-10-25)32-11-7-18(8-12-32)33-21-6-5-17(26)13-19(21)27/h2-6,13-14,18H,7-12H2,1H3. The molecule has 2 aliphatic rings. The third-order valence-corrected chi connectivity index (χ3v) is 6.27. The first-order valence-electron chi connectivity index (χ1n) is 11.1. The Balaban J connectivity index is 1.38. The number of aromatic nitrogens is 3. The van der Waals surface area contributed by atoms with Gasteiger partial charge in [0.2, 0.25) is 0 Å². The Morgan fingerprint density at radius 3 is 2.58 bits per heavy atom. The highest BCUT2D eigenvalue weighted by molar-refractivity contribution is 5.70. The first-order chi connectivity index (χ1) is 16.0. The van der Waals surface area contributed by atoms with Crippen molar-refractivity contribution in [1.82, 2.24) is 15.0 Å². The summed E-state index contributed by atoms with van der Waals surface area (Å²) < 4.78 is 32.9. The van der Waals surface area contributed by atoms with Gasteiger partial charge >= 0.3 is 0 Å². The van der Waals surface area contributed by atoms with Crippen LogP contribution in [0.1, 0.15) is 37.1 Å². The van der Waals surface area contributed by atoms with Crippen LogP contribution in [0.3, 0.4) is 0 Å². The first-order valence-corrected chi connectivity index (χ1v) is 11.1. The molecule has 1 aliphatic heterocycles. The van der Waals surface area contributed by atoms with Gasteiger partial charge < -0.3 is 9.64 Å². The van der Waals surface area contributed by atoms with Crippen molar-refractivity contribution in [2.45, 2.75) is 44.1 Å². The summed E-state index contributed by atoms with van der Waals surface area (Å²) in [5.74, 6) is -0.538. The zero-order valence-corrected chi connectivity index (χ0v) is 18.3. The number of piperidine rings is 1. The molecule has 6 nitrogen and oxygen atoms in total. The molecule has 3 heterocycles. The van der Waals surface area contributed by atoms with Crippen molar-refractivity contribution in [2.75, 3.05) is 18.0 Å². The van der Waals surface area contributed by atoms with Crippen molar-refractivity contribution >= 4 is 5.82 Å². The zero-order valence-electron chi connectivity index (χ0n) is 18.3. The Labute approximate surface area is 190 Å². The predicted molar refractivity (Wildman–Crippen MR) is 119 cm³/mol. The summed E-state index contributed by atoms with van der Waals surface area (Å²) in [7, 11) is 0. The van der Waals surface area contributed by atoms with E-state index in [0.717, 1.165) is 36.1 Å². The lowest BCUT2D eigenvalue weighted by atomic mass is 10.0. The second-order valence-corrected chi connectivity index (χ2v) is 8.66. The Hall–Kier alpha value is -3.60. The highest BCUT2D eigenvalue weighted by Crippen LogP contribution is 2.47. The molecule has 1 saturated heterocycles. The lowest BCUT2D eigenvalue weighted by Gasteiger charge is -2.33.